The van der Waals surface area contributed by atoms with E-state index in [4.69, 9.17) is 0 Å². The largest absolute Gasteiger partial charge is 0.465 e. The molecule has 1 amide bonds. The zero-order valence-corrected chi connectivity index (χ0v) is 20.5. The summed E-state index contributed by atoms with van der Waals surface area (Å²) in [6.45, 7) is 4.63. The highest BCUT2D eigenvalue weighted by Crippen LogP contribution is 2.37. The Morgan fingerprint density at radius 2 is 1.95 bits per heavy atom. The second-order valence-corrected chi connectivity index (χ2v) is 10.0. The Morgan fingerprint density at radius 3 is 2.46 bits per heavy atom. The van der Waals surface area contributed by atoms with Gasteiger partial charge in [-0.15, -0.1) is 0 Å². The van der Waals surface area contributed by atoms with Crippen LogP contribution < -0.4 is 9.80 Å². The minimum atomic E-state index is -4.77. The van der Waals surface area contributed by atoms with E-state index in [1.807, 2.05) is 0 Å². The van der Waals surface area contributed by atoms with Crippen LogP contribution >= 0.6 is 0 Å². The molecule has 16 heteroatoms. The maximum absolute atomic E-state index is 13.5. The number of ether oxygens (including phenoxy) is 1. The Balaban J connectivity index is 2.16. The molecule has 1 aliphatic heterocycles. The Bertz CT molecular complexity index is 1410. The molecule has 0 bridgehead atoms. The van der Waals surface area contributed by atoms with Gasteiger partial charge in [0.05, 0.1) is 22.5 Å². The van der Waals surface area contributed by atoms with E-state index in [1.54, 1.807) is 0 Å². The van der Waals surface area contributed by atoms with Crippen LogP contribution in [0.2, 0.25) is 0 Å². The fourth-order valence-corrected chi connectivity index (χ4v) is 4.67. The second-order valence-electron chi connectivity index (χ2n) is 8.03. The number of hydrogen-bond acceptors (Lipinski definition) is 10. The minimum Gasteiger partial charge on any atom is -0.465 e. The topological polar surface area (TPSA) is 153 Å². The average molecular weight is 543 g/mol. The number of anilines is 2. The number of piperazine rings is 1. The lowest BCUT2D eigenvalue weighted by Gasteiger charge is -2.40. The molecule has 1 fully saturated rings. The van der Waals surface area contributed by atoms with Gasteiger partial charge in [-0.1, -0.05) is 6.58 Å². The van der Waals surface area contributed by atoms with Gasteiger partial charge < -0.3 is 14.5 Å². The fraction of sp³-hybridized carbons (Fsp3) is 0.333. The van der Waals surface area contributed by atoms with Gasteiger partial charge in [0.2, 0.25) is 5.95 Å². The van der Waals surface area contributed by atoms with Crippen molar-refractivity contribution in [3.05, 3.63) is 57.9 Å². The van der Waals surface area contributed by atoms with Crippen molar-refractivity contribution in [3.63, 3.8) is 0 Å². The number of hydrogen-bond donors (Lipinski definition) is 0. The molecular weight excluding hydrogens is 523 g/mol. The number of carbonyl (C=O) groups is 2. The third-order valence-electron chi connectivity index (χ3n) is 5.40. The van der Waals surface area contributed by atoms with E-state index in [9.17, 15) is 41.3 Å². The third kappa shape index (κ3) is 5.37. The maximum atomic E-state index is 13.5. The molecule has 0 unspecified atom stereocenters. The molecule has 2 aromatic rings. The second kappa shape index (κ2) is 9.76. The van der Waals surface area contributed by atoms with Gasteiger partial charge in [0, 0.05) is 31.6 Å². The van der Waals surface area contributed by atoms with Crippen molar-refractivity contribution in [3.8, 4) is 0 Å². The van der Waals surface area contributed by atoms with E-state index in [1.165, 1.54) is 11.8 Å². The molecule has 0 aliphatic carbocycles. The minimum absolute atomic E-state index is 0.160. The lowest BCUT2D eigenvalue weighted by atomic mass is 10.0. The number of carbonyl (C=O) groups excluding carboxylic acids is 2. The van der Waals surface area contributed by atoms with Crippen molar-refractivity contribution >= 4 is 39.0 Å². The predicted octanol–water partition coefficient (Wildman–Crippen LogP) is 2.39. The van der Waals surface area contributed by atoms with Crippen molar-refractivity contribution in [2.75, 3.05) is 36.3 Å². The van der Waals surface area contributed by atoms with E-state index < -0.39 is 72.3 Å². The summed E-state index contributed by atoms with van der Waals surface area (Å²) in [5.74, 6) is -2.41. The third-order valence-corrected chi connectivity index (χ3v) is 6.54. The van der Waals surface area contributed by atoms with Gasteiger partial charge in [0.25, 0.3) is 11.6 Å². The summed E-state index contributed by atoms with van der Waals surface area (Å²) in [4.78, 5) is 45.4. The number of halogens is 3. The molecule has 1 aromatic heterocycles. The first-order chi connectivity index (χ1) is 17.1. The smallest absolute Gasteiger partial charge is 0.433 e. The predicted molar refractivity (Wildman–Crippen MR) is 123 cm³/mol. The molecule has 0 radical (unpaired) electrons. The quantitative estimate of drug-likeness (QED) is 0.230. The molecule has 3 rings (SSSR count). The number of amides is 1. The van der Waals surface area contributed by atoms with E-state index in [0.717, 1.165) is 30.5 Å². The van der Waals surface area contributed by atoms with Gasteiger partial charge in [0.1, 0.15) is 17.4 Å². The monoisotopic (exact) mass is 543 g/mol. The molecule has 1 aromatic carbocycles. The zero-order chi connectivity index (χ0) is 27.9. The highest BCUT2D eigenvalue weighted by atomic mass is 32.2. The molecule has 1 aliphatic rings. The van der Waals surface area contributed by atoms with Crippen molar-refractivity contribution < 1.29 is 40.8 Å². The van der Waals surface area contributed by atoms with Crippen LogP contribution in [0.4, 0.5) is 30.5 Å². The molecular formula is C21H20F3N5O7S. The van der Waals surface area contributed by atoms with Crippen LogP contribution in [0.3, 0.4) is 0 Å². The van der Waals surface area contributed by atoms with Gasteiger partial charge in [-0.25, -0.2) is 23.2 Å². The number of nitrogens with zero attached hydrogens (tertiary/aromatic N) is 5. The first-order valence-electron chi connectivity index (χ1n) is 10.3. The summed E-state index contributed by atoms with van der Waals surface area (Å²) >= 11 is 0. The van der Waals surface area contributed by atoms with Crippen LogP contribution in [0, 0.1) is 10.1 Å². The van der Waals surface area contributed by atoms with Crippen LogP contribution in [0.25, 0.3) is 0 Å². The Hall–Kier alpha value is -4.08. The number of benzene rings is 1. The number of alkyl halides is 3. The van der Waals surface area contributed by atoms with Gasteiger partial charge >= 0.3 is 12.1 Å². The number of rotatable bonds is 6. The van der Waals surface area contributed by atoms with Crippen LogP contribution in [-0.4, -0.2) is 67.7 Å². The van der Waals surface area contributed by atoms with Gasteiger partial charge in [0.15, 0.2) is 9.84 Å². The molecule has 37 heavy (non-hydrogen) atoms. The van der Waals surface area contributed by atoms with Crippen molar-refractivity contribution in [2.24, 2.45) is 0 Å². The highest BCUT2D eigenvalue weighted by Gasteiger charge is 2.41. The maximum Gasteiger partial charge on any atom is 0.433 e. The van der Waals surface area contributed by atoms with Crippen molar-refractivity contribution in [2.45, 2.75) is 24.0 Å². The molecule has 0 N–H and O–H groups in total. The van der Waals surface area contributed by atoms with E-state index in [-0.39, 0.29) is 18.7 Å². The first kappa shape index (κ1) is 27.5. The number of nitro groups is 1. The fourth-order valence-electron chi connectivity index (χ4n) is 3.80. The van der Waals surface area contributed by atoms with Gasteiger partial charge in [-0.3, -0.25) is 14.9 Å². The molecule has 2 heterocycles. The lowest BCUT2D eigenvalue weighted by Crippen LogP contribution is -2.58. The number of methoxy groups -OCH3 is 1. The molecule has 0 spiro atoms. The van der Waals surface area contributed by atoms with Crippen LogP contribution in [0.1, 0.15) is 23.0 Å². The summed E-state index contributed by atoms with van der Waals surface area (Å²) in [5, 5.41) is 11.8. The number of esters is 1. The first-order valence-corrected chi connectivity index (χ1v) is 12.2. The summed E-state index contributed by atoms with van der Waals surface area (Å²) in [5.41, 5.74) is -2.86. The molecule has 1 saturated heterocycles. The van der Waals surface area contributed by atoms with Crippen molar-refractivity contribution in [1.82, 2.24) is 9.97 Å². The van der Waals surface area contributed by atoms with Gasteiger partial charge in [-0.05, 0) is 24.6 Å². The van der Waals surface area contributed by atoms with E-state index in [0.29, 0.717) is 12.1 Å². The Kier molecular flexibility index (Phi) is 7.26. The number of sulfone groups is 1. The number of nitro benzene ring substituents is 1. The summed E-state index contributed by atoms with van der Waals surface area (Å²) in [6.07, 6.45) is -3.12. The Labute approximate surface area is 208 Å². The standard InChI is InChI=1S/C21H20F3N5O7S/c1-11(2)17-18(30)27(7-8-28(17)20-25-6-5-16(26-20)21(22,23)24)13-10-15(37(4,34)35)12(19(31)36-3)9-14(13)29(32)33/h5-6,9-10,17H,1,7-8H2,2-4H3/t17-/m1/s1. The van der Waals surface area contributed by atoms with Crippen LogP contribution in [0.5, 0.6) is 0 Å². The van der Waals surface area contributed by atoms with Crippen LogP contribution in [0.15, 0.2) is 41.4 Å². The Morgan fingerprint density at radius 1 is 1.30 bits per heavy atom. The van der Waals surface area contributed by atoms with E-state index >= 15 is 0 Å². The highest BCUT2D eigenvalue weighted by molar-refractivity contribution is 7.90. The normalized spacial score (nSPS) is 16.5. The van der Waals surface area contributed by atoms with Crippen molar-refractivity contribution in [1.29, 1.82) is 0 Å². The molecule has 0 saturated carbocycles. The van der Waals surface area contributed by atoms with Crippen LogP contribution in [-0.2, 0) is 25.5 Å². The lowest BCUT2D eigenvalue weighted by molar-refractivity contribution is -0.384. The van der Waals surface area contributed by atoms with E-state index in [2.05, 4.69) is 21.3 Å². The summed E-state index contributed by atoms with van der Waals surface area (Å²) in [6, 6.07) is 0.849. The SMILES string of the molecule is C=C(C)[C@@H]1C(=O)N(c2cc(S(C)(=O)=O)c(C(=O)OC)cc2[N+](=O)[O-])CCN1c1nccc(C(F)(F)F)n1. The summed E-state index contributed by atoms with van der Waals surface area (Å²) in [7, 11) is -3.17. The molecule has 1 atom stereocenters. The zero-order valence-electron chi connectivity index (χ0n) is 19.6. The average Bonchev–Trinajstić information content (AvgIpc) is 2.81. The number of aromatic nitrogens is 2. The van der Waals surface area contributed by atoms with Gasteiger partial charge in [-0.2, -0.15) is 13.2 Å². The molecule has 198 valence electrons. The molecule has 12 nitrogen and oxygen atoms in total. The summed E-state index contributed by atoms with van der Waals surface area (Å²) < 4.78 is 68.8.